The molecule has 4 aromatic rings. The second-order valence-corrected chi connectivity index (χ2v) is 7.71. The van der Waals surface area contributed by atoms with E-state index in [4.69, 9.17) is 4.98 Å². The smallest absolute Gasteiger partial charge is 0.242 e. The zero-order valence-electron chi connectivity index (χ0n) is 17.7. The highest BCUT2D eigenvalue weighted by Crippen LogP contribution is 2.24. The van der Waals surface area contributed by atoms with Gasteiger partial charge in [0.2, 0.25) is 5.91 Å². The Balaban J connectivity index is 1.28. The molecule has 0 bridgehead atoms. The summed E-state index contributed by atoms with van der Waals surface area (Å²) in [5, 5.41) is 4.16. The van der Waals surface area contributed by atoms with Gasteiger partial charge in [0.15, 0.2) is 5.82 Å². The van der Waals surface area contributed by atoms with Crippen LogP contribution in [0.15, 0.2) is 79.1 Å². The predicted octanol–water partition coefficient (Wildman–Crippen LogP) is 3.45. The minimum absolute atomic E-state index is 0.0749. The summed E-state index contributed by atoms with van der Waals surface area (Å²) in [5.41, 5.74) is 2.92. The molecule has 0 spiro atoms. The first-order valence-corrected chi connectivity index (χ1v) is 10.8. The van der Waals surface area contributed by atoms with Crippen molar-refractivity contribution in [3.63, 3.8) is 0 Å². The fourth-order valence-electron chi connectivity index (χ4n) is 3.97. The number of amides is 1. The molecule has 1 aliphatic rings. The summed E-state index contributed by atoms with van der Waals surface area (Å²) in [6.45, 7) is 3.28. The molecule has 0 saturated carbocycles. The number of hydrogen-bond donors (Lipinski definition) is 1. The van der Waals surface area contributed by atoms with Gasteiger partial charge in [0.05, 0.1) is 12.1 Å². The lowest BCUT2D eigenvalue weighted by Gasteiger charge is -2.36. The number of pyridine rings is 1. The van der Waals surface area contributed by atoms with E-state index in [1.54, 1.807) is 12.4 Å². The molecule has 1 saturated heterocycles. The summed E-state index contributed by atoms with van der Waals surface area (Å²) in [7, 11) is 0. The number of hydrogen-bond acceptors (Lipinski definition) is 6. The molecule has 2 aromatic carbocycles. The van der Waals surface area contributed by atoms with Crippen molar-refractivity contribution in [3.8, 4) is 11.4 Å². The lowest BCUT2D eigenvalue weighted by molar-refractivity contribution is -0.129. The van der Waals surface area contributed by atoms with E-state index in [-0.39, 0.29) is 12.5 Å². The van der Waals surface area contributed by atoms with E-state index in [0.717, 1.165) is 29.6 Å². The molecular formula is C25H24N6O. The molecule has 0 unspecified atom stereocenters. The highest BCUT2D eigenvalue weighted by Gasteiger charge is 2.21. The van der Waals surface area contributed by atoms with Crippen LogP contribution in [-0.4, -0.2) is 58.5 Å². The highest BCUT2D eigenvalue weighted by atomic mass is 16.2. The highest BCUT2D eigenvalue weighted by molar-refractivity contribution is 5.92. The molecule has 1 amide bonds. The van der Waals surface area contributed by atoms with Gasteiger partial charge in [-0.1, -0.05) is 30.3 Å². The maximum atomic E-state index is 12.9. The Morgan fingerprint density at radius 2 is 1.56 bits per heavy atom. The molecule has 160 valence electrons. The topological polar surface area (TPSA) is 74.2 Å². The zero-order valence-corrected chi connectivity index (χ0v) is 17.7. The Morgan fingerprint density at radius 1 is 0.844 bits per heavy atom. The predicted molar refractivity (Wildman–Crippen MR) is 126 cm³/mol. The molecular weight excluding hydrogens is 400 g/mol. The van der Waals surface area contributed by atoms with Crippen LogP contribution >= 0.6 is 0 Å². The second-order valence-electron chi connectivity index (χ2n) is 7.71. The number of anilines is 2. The van der Waals surface area contributed by atoms with Gasteiger partial charge in [0, 0.05) is 55.2 Å². The normalized spacial score (nSPS) is 13.9. The lowest BCUT2D eigenvalue weighted by atomic mass is 10.2. The van der Waals surface area contributed by atoms with Crippen LogP contribution in [0.4, 0.5) is 11.5 Å². The Kier molecular flexibility index (Phi) is 5.61. The molecule has 32 heavy (non-hydrogen) atoms. The average Bonchev–Trinajstić information content (AvgIpc) is 2.88. The fraction of sp³-hybridized carbons (Fsp3) is 0.200. The molecule has 0 radical (unpaired) electrons. The number of carbonyl (C=O) groups excluding carboxylic acids is 1. The quantitative estimate of drug-likeness (QED) is 0.529. The second kappa shape index (κ2) is 9.01. The van der Waals surface area contributed by atoms with Gasteiger partial charge in [-0.3, -0.25) is 9.78 Å². The van der Waals surface area contributed by atoms with Crippen LogP contribution in [0.5, 0.6) is 0 Å². The van der Waals surface area contributed by atoms with Crippen LogP contribution in [0, 0.1) is 0 Å². The van der Waals surface area contributed by atoms with Gasteiger partial charge in [-0.25, -0.2) is 9.97 Å². The average molecular weight is 425 g/mol. The van der Waals surface area contributed by atoms with Crippen molar-refractivity contribution in [2.24, 2.45) is 0 Å². The van der Waals surface area contributed by atoms with Crippen LogP contribution in [-0.2, 0) is 4.79 Å². The summed E-state index contributed by atoms with van der Waals surface area (Å²) in [6.07, 6.45) is 3.44. The van der Waals surface area contributed by atoms with Gasteiger partial charge in [0.25, 0.3) is 0 Å². The molecule has 1 aliphatic heterocycles. The number of nitrogens with one attached hydrogen (secondary N) is 1. The molecule has 5 rings (SSSR count). The van der Waals surface area contributed by atoms with Crippen molar-refractivity contribution in [1.29, 1.82) is 0 Å². The Hall–Kier alpha value is -4.00. The lowest BCUT2D eigenvalue weighted by Crippen LogP contribution is -2.50. The third kappa shape index (κ3) is 4.23. The van der Waals surface area contributed by atoms with Gasteiger partial charge < -0.3 is 15.1 Å². The maximum absolute atomic E-state index is 12.9. The third-order valence-electron chi connectivity index (χ3n) is 5.70. The summed E-state index contributed by atoms with van der Waals surface area (Å²) < 4.78 is 0. The third-order valence-corrected chi connectivity index (χ3v) is 5.70. The molecule has 2 aromatic heterocycles. The van der Waals surface area contributed by atoms with Crippen molar-refractivity contribution in [2.75, 3.05) is 42.9 Å². The van der Waals surface area contributed by atoms with Crippen LogP contribution in [0.2, 0.25) is 0 Å². The molecule has 7 nitrogen and oxygen atoms in total. The molecule has 7 heteroatoms. The van der Waals surface area contributed by atoms with E-state index in [0.29, 0.717) is 24.7 Å². The van der Waals surface area contributed by atoms with Crippen molar-refractivity contribution in [3.05, 3.63) is 79.1 Å². The van der Waals surface area contributed by atoms with E-state index in [9.17, 15) is 4.79 Å². The summed E-state index contributed by atoms with van der Waals surface area (Å²) in [5.74, 6) is 1.35. The number of para-hydroxylation sites is 2. The number of aromatic nitrogens is 3. The van der Waals surface area contributed by atoms with Gasteiger partial charge in [0.1, 0.15) is 5.82 Å². The van der Waals surface area contributed by atoms with Gasteiger partial charge in [-0.2, -0.15) is 0 Å². The first-order chi connectivity index (χ1) is 15.8. The minimum atomic E-state index is 0.0749. The Bertz CT molecular complexity index is 1210. The minimum Gasteiger partial charge on any atom is -0.368 e. The summed E-state index contributed by atoms with van der Waals surface area (Å²) in [4.78, 5) is 30.6. The Labute approximate surface area is 186 Å². The molecule has 0 aliphatic carbocycles. The van der Waals surface area contributed by atoms with E-state index in [1.165, 1.54) is 5.69 Å². The molecule has 0 atom stereocenters. The first kappa shape index (κ1) is 19.9. The monoisotopic (exact) mass is 424 g/mol. The standard InChI is InChI=1S/C25H24N6O/c32-23(31-16-14-30(15-17-31)20-6-2-1-3-7-20)18-27-25-21-8-4-5-9-22(21)28-24(29-25)19-10-12-26-13-11-19/h1-13H,14-18H2,(H,27,28,29). The largest absolute Gasteiger partial charge is 0.368 e. The summed E-state index contributed by atoms with van der Waals surface area (Å²) >= 11 is 0. The van der Waals surface area contributed by atoms with Crippen molar-refractivity contribution >= 4 is 28.3 Å². The zero-order chi connectivity index (χ0) is 21.8. The van der Waals surface area contributed by atoms with E-state index >= 15 is 0 Å². The molecule has 1 N–H and O–H groups in total. The van der Waals surface area contributed by atoms with Gasteiger partial charge in [-0.05, 0) is 36.4 Å². The number of fused-ring (bicyclic) bond motifs is 1. The van der Waals surface area contributed by atoms with Gasteiger partial charge in [-0.15, -0.1) is 0 Å². The van der Waals surface area contributed by atoms with E-state index < -0.39 is 0 Å². The van der Waals surface area contributed by atoms with E-state index in [1.807, 2.05) is 59.5 Å². The van der Waals surface area contributed by atoms with Crippen LogP contribution < -0.4 is 10.2 Å². The number of nitrogens with zero attached hydrogens (tertiary/aromatic N) is 5. The van der Waals surface area contributed by atoms with Crippen molar-refractivity contribution < 1.29 is 4.79 Å². The number of rotatable bonds is 5. The van der Waals surface area contributed by atoms with Crippen LogP contribution in [0.1, 0.15) is 0 Å². The molecule has 1 fully saturated rings. The van der Waals surface area contributed by atoms with Crippen molar-refractivity contribution in [2.45, 2.75) is 0 Å². The number of benzene rings is 2. The SMILES string of the molecule is O=C(CNc1nc(-c2ccncc2)nc2ccccc12)N1CCN(c2ccccc2)CC1. The number of carbonyl (C=O) groups is 1. The first-order valence-electron chi connectivity index (χ1n) is 10.8. The number of piperazine rings is 1. The van der Waals surface area contributed by atoms with E-state index in [2.05, 4.69) is 32.3 Å². The maximum Gasteiger partial charge on any atom is 0.242 e. The van der Waals surface area contributed by atoms with Crippen molar-refractivity contribution in [1.82, 2.24) is 19.9 Å². The summed E-state index contributed by atoms with van der Waals surface area (Å²) in [6, 6.07) is 21.9. The Morgan fingerprint density at radius 3 is 2.34 bits per heavy atom. The fourth-order valence-corrected chi connectivity index (χ4v) is 3.97. The van der Waals surface area contributed by atoms with Crippen LogP contribution in [0.25, 0.3) is 22.3 Å². The molecule has 3 heterocycles. The van der Waals surface area contributed by atoms with Gasteiger partial charge >= 0.3 is 0 Å². The van der Waals surface area contributed by atoms with Crippen LogP contribution in [0.3, 0.4) is 0 Å².